The molecule has 0 saturated heterocycles. The quantitative estimate of drug-likeness (QED) is 0.156. The van der Waals surface area contributed by atoms with Gasteiger partial charge in [0.05, 0.1) is 19.7 Å². The zero-order chi connectivity index (χ0) is 79.9. The van der Waals surface area contributed by atoms with Crippen molar-refractivity contribution in [1.29, 1.82) is 0 Å². The van der Waals surface area contributed by atoms with Gasteiger partial charge in [0.25, 0.3) is 0 Å². The molecule has 0 N–H and O–H groups in total. The van der Waals surface area contributed by atoms with Gasteiger partial charge in [-0.25, -0.2) is 23.3 Å². The lowest BCUT2D eigenvalue weighted by Gasteiger charge is -2.20. The van der Waals surface area contributed by atoms with Crippen LogP contribution in [0.25, 0.3) is 14.5 Å². The Morgan fingerprint density at radius 1 is 0.286 bits per heavy atom. The molecular formula is C96H123BrCl3F2N3. The predicted octanol–water partition coefficient (Wildman–Crippen LogP) is 32.4. The minimum Gasteiger partial charge on any atom is -0.238 e. The van der Waals surface area contributed by atoms with Crippen LogP contribution < -0.4 is 0 Å². The Labute approximate surface area is 659 Å². The number of hydrogen-bond donors (Lipinski definition) is 0. The van der Waals surface area contributed by atoms with Gasteiger partial charge in [0, 0.05) is 19.5 Å². The van der Waals surface area contributed by atoms with Crippen molar-refractivity contribution < 1.29 is 8.78 Å². The Morgan fingerprint density at radius 3 is 0.886 bits per heavy atom. The fraction of sp³-hybridized carbons (Fsp3) is 0.469. The first-order chi connectivity index (χ1) is 48.1. The molecule has 3 nitrogen and oxygen atoms in total. The van der Waals surface area contributed by atoms with E-state index in [0.717, 1.165) is 54.3 Å². The summed E-state index contributed by atoms with van der Waals surface area (Å²) in [7, 11) is 0. The summed E-state index contributed by atoms with van der Waals surface area (Å²) in [6.07, 6.45) is 7.94. The Hall–Kier alpha value is -6.56. The van der Waals surface area contributed by atoms with E-state index >= 15 is 0 Å². The predicted molar refractivity (Wildman–Crippen MR) is 457 cm³/mol. The van der Waals surface area contributed by atoms with E-state index < -0.39 is 0 Å². The highest BCUT2D eigenvalue weighted by molar-refractivity contribution is 9.10. The molecule has 8 aromatic rings. The van der Waals surface area contributed by atoms with Crippen LogP contribution in [0.3, 0.4) is 0 Å². The molecule has 0 aromatic heterocycles. The van der Waals surface area contributed by atoms with E-state index in [0.29, 0.717) is 22.3 Å². The van der Waals surface area contributed by atoms with Gasteiger partial charge in [-0.05, 0) is 235 Å². The number of rotatable bonds is 3. The lowest BCUT2D eigenvalue weighted by atomic mass is 9.84. The summed E-state index contributed by atoms with van der Waals surface area (Å²) in [6.45, 7) is 81.2. The van der Waals surface area contributed by atoms with Crippen molar-refractivity contribution >= 4 is 67.8 Å². The van der Waals surface area contributed by atoms with E-state index in [4.69, 9.17) is 54.5 Å². The van der Waals surface area contributed by atoms with Crippen LogP contribution in [0.15, 0.2) is 150 Å². The largest absolute Gasteiger partial charge is 0.238 e. The second-order valence-electron chi connectivity index (χ2n) is 37.0. The van der Waals surface area contributed by atoms with E-state index in [1.54, 1.807) is 25.5 Å². The van der Waals surface area contributed by atoms with Crippen molar-refractivity contribution in [3.8, 4) is 0 Å². The van der Waals surface area contributed by atoms with Gasteiger partial charge in [-0.3, -0.25) is 0 Å². The molecule has 0 amide bonds. The molecule has 105 heavy (non-hydrogen) atoms. The smallest absolute Gasteiger partial charge is 0.205 e. The van der Waals surface area contributed by atoms with Crippen LogP contribution >= 0.6 is 50.7 Å². The Morgan fingerprint density at radius 2 is 0.552 bits per heavy atom. The van der Waals surface area contributed by atoms with Crippen molar-refractivity contribution in [3.63, 3.8) is 0 Å². The third-order valence-corrected chi connectivity index (χ3v) is 20.7. The minimum absolute atomic E-state index is 0.0875. The summed E-state index contributed by atoms with van der Waals surface area (Å²) in [4.78, 5) is 10.3. The van der Waals surface area contributed by atoms with Crippen LogP contribution in [0.2, 0.25) is 15.1 Å². The minimum atomic E-state index is -0.122. The first-order valence-corrected chi connectivity index (χ1v) is 39.1. The fourth-order valence-electron chi connectivity index (χ4n) is 11.0. The second kappa shape index (κ2) is 37.5. The highest BCUT2D eigenvalue weighted by Gasteiger charge is 2.30. The first kappa shape index (κ1) is 90.8. The number of hydrogen-bond acceptors (Lipinski definition) is 0. The molecule has 3 saturated carbocycles. The highest BCUT2D eigenvalue weighted by atomic mass is 79.9. The normalized spacial score (nSPS) is 13.6. The molecule has 0 radical (unpaired) electrons. The Balaban J connectivity index is 0.000000254. The standard InChI is InChI=1S/C14H17N.C14H20.C13H17Cl.C11H12BrN.C11H12ClN.C11H15Cl.2C11H15F/c1-14(2,3)11-7-8-13(15-4)12(9-11)10-5-6-10;1-10-5-8-12(14(2,3)4)9-13(10)11-6-7-11;1-13(2,3)10-6-7-12(14)11(8-10)9-4-5-9;2*1-11(2,3)8-5-6-10(13-4)9(12)7-8;3*1-8-7-9(11(2,3)4)5-6-10(8)12/h7-10H,5-6H2,1-3H3;5,8-9,11H,6-7H2,1-4H3;6-9H,4-5H2,1-3H3;2*5-7H,1-3H3;3*5-7H,1-4H3. The third kappa shape index (κ3) is 29.8. The van der Waals surface area contributed by atoms with Crippen molar-refractivity contribution in [2.24, 2.45) is 0 Å². The lowest BCUT2D eigenvalue weighted by molar-refractivity contribution is 0.579. The molecule has 9 heteroatoms. The average Bonchev–Trinajstić information content (AvgIpc) is 1.76. The zero-order valence-corrected chi connectivity index (χ0v) is 72.8. The van der Waals surface area contributed by atoms with E-state index in [2.05, 4.69) is 264 Å². The van der Waals surface area contributed by atoms with Gasteiger partial charge in [0.2, 0.25) is 11.4 Å². The number of nitrogens with zero attached hydrogens (tertiary/aromatic N) is 3. The molecule has 0 unspecified atom stereocenters. The maximum absolute atomic E-state index is 12.9. The molecule has 0 bridgehead atoms. The summed E-state index contributed by atoms with van der Waals surface area (Å²) in [5.74, 6) is 2.03. The maximum Gasteiger partial charge on any atom is 0.205 e. The third-order valence-electron chi connectivity index (χ3n) is 19.0. The van der Waals surface area contributed by atoms with Gasteiger partial charge < -0.3 is 0 Å². The van der Waals surface area contributed by atoms with Gasteiger partial charge in [-0.1, -0.05) is 338 Å². The Kier molecular flexibility index (Phi) is 32.4. The lowest BCUT2D eigenvalue weighted by Crippen LogP contribution is -2.11. The van der Waals surface area contributed by atoms with Gasteiger partial charge in [-0.2, -0.15) is 0 Å². The topological polar surface area (TPSA) is 13.1 Å². The van der Waals surface area contributed by atoms with Gasteiger partial charge in [0.1, 0.15) is 11.6 Å². The fourth-order valence-corrected chi connectivity index (χ4v) is 12.0. The SMILES string of the molecule is CC(C)(C)c1ccc(Cl)c(C2CC2)c1.Cc1cc(C(C)(C)C)ccc1Cl.Cc1cc(C(C)(C)C)ccc1F.Cc1cc(C(C)(C)C)ccc1F.Cc1ccc(C(C)(C)C)cc1C1CC1.[C-]#[N+]c1ccc(C(C)(C)C)cc1Br.[C-]#[N+]c1ccc(C(C)(C)C)cc1C1CC1.[C-]#[N+]c1ccc(C(C)(C)C)cc1Cl. The van der Waals surface area contributed by atoms with Crippen LogP contribution in [-0.4, -0.2) is 0 Å². The molecular weight excluding hydrogens is 1420 g/mol. The Bertz CT molecular complexity index is 4040. The van der Waals surface area contributed by atoms with E-state index in [-0.39, 0.29) is 55.0 Å². The molecule has 3 aliphatic rings. The molecule has 0 heterocycles. The molecule has 0 aliphatic heterocycles. The molecule has 3 fully saturated rings. The van der Waals surface area contributed by atoms with Crippen LogP contribution in [0, 0.1) is 59.0 Å². The van der Waals surface area contributed by atoms with Gasteiger partial charge >= 0.3 is 0 Å². The molecule has 0 atom stereocenters. The number of benzene rings is 8. The molecule has 0 spiro atoms. The van der Waals surface area contributed by atoms with Crippen LogP contribution in [-0.2, 0) is 43.3 Å². The first-order valence-electron chi connectivity index (χ1n) is 37.2. The van der Waals surface area contributed by atoms with Crippen molar-refractivity contribution in [3.05, 3.63) is 294 Å². The summed E-state index contributed by atoms with van der Waals surface area (Å²) in [5.41, 5.74) is 22.0. The van der Waals surface area contributed by atoms with Crippen LogP contribution in [0.4, 0.5) is 25.8 Å². The van der Waals surface area contributed by atoms with E-state index in [1.165, 1.54) is 106 Å². The summed E-state index contributed by atoms with van der Waals surface area (Å²) in [6, 6.07) is 48.1. The second-order valence-corrected chi connectivity index (χ2v) is 39.0. The highest BCUT2D eigenvalue weighted by Crippen LogP contribution is 2.47. The van der Waals surface area contributed by atoms with Crippen LogP contribution in [0.5, 0.6) is 0 Å². The van der Waals surface area contributed by atoms with E-state index in [1.807, 2.05) is 73.7 Å². The van der Waals surface area contributed by atoms with E-state index in [9.17, 15) is 8.78 Å². The van der Waals surface area contributed by atoms with Gasteiger partial charge in [0.15, 0.2) is 5.69 Å². The molecule has 564 valence electrons. The van der Waals surface area contributed by atoms with Crippen molar-refractivity contribution in [1.82, 2.24) is 0 Å². The maximum atomic E-state index is 12.9. The van der Waals surface area contributed by atoms with Crippen molar-refractivity contribution in [2.45, 2.75) is 293 Å². The average molecular weight is 1540 g/mol. The molecule has 8 aromatic carbocycles. The molecule has 3 aliphatic carbocycles. The summed E-state index contributed by atoms with van der Waals surface area (Å²) >= 11 is 21.4. The molecule has 11 rings (SSSR count). The summed E-state index contributed by atoms with van der Waals surface area (Å²) < 4.78 is 26.7. The van der Waals surface area contributed by atoms with Crippen LogP contribution in [0.1, 0.15) is 306 Å². The number of halogens is 6. The zero-order valence-electron chi connectivity index (χ0n) is 68.9. The van der Waals surface area contributed by atoms with Gasteiger partial charge in [-0.15, -0.1) is 0 Å². The number of aryl methyl sites for hydroxylation is 4. The van der Waals surface area contributed by atoms with Crippen molar-refractivity contribution in [2.75, 3.05) is 0 Å². The monoisotopic (exact) mass is 1540 g/mol. The summed E-state index contributed by atoms with van der Waals surface area (Å²) in [5, 5.41) is 2.34.